The molecule has 0 aliphatic heterocycles. The molecular formula is C17H25NO2. The molecule has 3 nitrogen and oxygen atoms in total. The molecule has 20 heavy (non-hydrogen) atoms. The summed E-state index contributed by atoms with van der Waals surface area (Å²) < 4.78 is 0. The van der Waals surface area contributed by atoms with E-state index in [0.29, 0.717) is 0 Å². The Hall–Kier alpha value is -1.35. The van der Waals surface area contributed by atoms with Gasteiger partial charge in [-0.2, -0.15) is 0 Å². The van der Waals surface area contributed by atoms with Crippen molar-refractivity contribution in [2.75, 3.05) is 7.05 Å². The molecule has 1 N–H and O–H groups in total. The van der Waals surface area contributed by atoms with E-state index >= 15 is 0 Å². The fourth-order valence-electron chi connectivity index (χ4n) is 3.39. The predicted octanol–water partition coefficient (Wildman–Crippen LogP) is 2.99. The molecule has 1 amide bonds. The van der Waals surface area contributed by atoms with Gasteiger partial charge in [0.25, 0.3) is 5.91 Å². The Morgan fingerprint density at radius 2 is 1.70 bits per heavy atom. The Morgan fingerprint density at radius 3 is 2.25 bits per heavy atom. The van der Waals surface area contributed by atoms with Crippen molar-refractivity contribution in [3.8, 4) is 0 Å². The number of benzene rings is 1. The monoisotopic (exact) mass is 275 g/mol. The van der Waals surface area contributed by atoms with Crippen LogP contribution in [0.4, 0.5) is 0 Å². The van der Waals surface area contributed by atoms with Gasteiger partial charge in [-0.3, -0.25) is 4.79 Å². The molecule has 1 aliphatic carbocycles. The molecule has 0 bridgehead atoms. The maximum atomic E-state index is 12.8. The molecule has 0 aromatic heterocycles. The summed E-state index contributed by atoms with van der Waals surface area (Å²) in [7, 11) is 1.82. The summed E-state index contributed by atoms with van der Waals surface area (Å²) in [6.07, 6.45) is 3.46. The van der Waals surface area contributed by atoms with Crippen LogP contribution >= 0.6 is 0 Å². The van der Waals surface area contributed by atoms with E-state index in [1.807, 2.05) is 40.0 Å². The zero-order valence-corrected chi connectivity index (χ0v) is 12.9. The molecular weight excluding hydrogens is 250 g/mol. The van der Waals surface area contributed by atoms with E-state index in [2.05, 4.69) is 0 Å². The van der Waals surface area contributed by atoms with Gasteiger partial charge in [0.1, 0.15) is 0 Å². The van der Waals surface area contributed by atoms with Crippen molar-refractivity contribution in [3.05, 3.63) is 34.4 Å². The van der Waals surface area contributed by atoms with Crippen LogP contribution in [-0.2, 0) is 0 Å². The molecule has 2 unspecified atom stereocenters. The first-order valence-corrected chi connectivity index (χ1v) is 7.45. The Bertz CT molecular complexity index is 487. The maximum absolute atomic E-state index is 12.8. The quantitative estimate of drug-likeness (QED) is 0.901. The predicted molar refractivity (Wildman–Crippen MR) is 81.0 cm³/mol. The summed E-state index contributed by atoms with van der Waals surface area (Å²) in [6, 6.07) is 4.05. The maximum Gasteiger partial charge on any atom is 0.254 e. The van der Waals surface area contributed by atoms with Crippen molar-refractivity contribution in [2.45, 2.75) is 58.6 Å². The Kier molecular flexibility index (Phi) is 4.48. The van der Waals surface area contributed by atoms with Gasteiger partial charge in [-0.25, -0.2) is 0 Å². The summed E-state index contributed by atoms with van der Waals surface area (Å²) in [4.78, 5) is 14.5. The van der Waals surface area contributed by atoms with Gasteiger partial charge in [0, 0.05) is 12.6 Å². The molecule has 1 aliphatic rings. The average molecular weight is 275 g/mol. The number of amides is 1. The molecule has 2 rings (SSSR count). The average Bonchev–Trinajstić information content (AvgIpc) is 2.37. The first kappa shape index (κ1) is 15.0. The van der Waals surface area contributed by atoms with Crippen molar-refractivity contribution in [2.24, 2.45) is 0 Å². The standard InChI is InChI=1S/C17H25NO2/c1-11-9-12(2)16(13(3)10-11)17(20)18(4)14-7-5-6-8-15(14)19/h9-10,14-15,19H,5-8H2,1-4H3. The topological polar surface area (TPSA) is 40.5 Å². The summed E-state index contributed by atoms with van der Waals surface area (Å²) in [5.74, 6) is 0.0333. The van der Waals surface area contributed by atoms with Gasteiger partial charge in [-0.1, -0.05) is 30.5 Å². The van der Waals surface area contributed by atoms with Gasteiger partial charge in [0.2, 0.25) is 0 Å². The van der Waals surface area contributed by atoms with E-state index in [1.165, 1.54) is 5.56 Å². The minimum atomic E-state index is -0.385. The molecule has 3 heteroatoms. The number of aliphatic hydroxyl groups excluding tert-OH is 1. The molecule has 110 valence electrons. The van der Waals surface area contributed by atoms with E-state index in [4.69, 9.17) is 0 Å². The minimum absolute atomic E-state index is 0.0333. The van der Waals surface area contributed by atoms with Crippen LogP contribution in [0.2, 0.25) is 0 Å². The van der Waals surface area contributed by atoms with Crippen molar-refractivity contribution in [1.82, 2.24) is 4.90 Å². The fourth-order valence-corrected chi connectivity index (χ4v) is 3.39. The van der Waals surface area contributed by atoms with Crippen LogP contribution in [0, 0.1) is 20.8 Å². The van der Waals surface area contributed by atoms with Crippen molar-refractivity contribution >= 4 is 5.91 Å². The number of aryl methyl sites for hydroxylation is 3. The first-order chi connectivity index (χ1) is 9.41. The number of hydrogen-bond donors (Lipinski definition) is 1. The highest BCUT2D eigenvalue weighted by molar-refractivity contribution is 5.97. The van der Waals surface area contributed by atoms with Gasteiger partial charge in [-0.05, 0) is 44.7 Å². The SMILES string of the molecule is Cc1cc(C)c(C(=O)N(C)C2CCCCC2O)c(C)c1. The largest absolute Gasteiger partial charge is 0.391 e. The van der Waals surface area contributed by atoms with E-state index in [-0.39, 0.29) is 18.1 Å². The molecule has 1 aromatic rings. The molecule has 0 spiro atoms. The van der Waals surface area contributed by atoms with Crippen LogP contribution in [0.5, 0.6) is 0 Å². The summed E-state index contributed by atoms with van der Waals surface area (Å²) in [5.41, 5.74) is 4.00. The van der Waals surface area contributed by atoms with Crippen LogP contribution < -0.4 is 0 Å². The Labute approximate surface area is 121 Å². The lowest BCUT2D eigenvalue weighted by atomic mass is 9.90. The second-order valence-electron chi connectivity index (χ2n) is 6.11. The number of likely N-dealkylation sites (N-methyl/N-ethyl adjacent to an activating group) is 1. The number of aliphatic hydroxyl groups is 1. The molecule has 1 aromatic carbocycles. The van der Waals surface area contributed by atoms with Crippen LogP contribution in [-0.4, -0.2) is 35.1 Å². The second-order valence-corrected chi connectivity index (χ2v) is 6.11. The van der Waals surface area contributed by atoms with Crippen LogP contribution in [0.15, 0.2) is 12.1 Å². The third-order valence-electron chi connectivity index (χ3n) is 4.40. The molecule has 0 saturated heterocycles. The summed E-state index contributed by atoms with van der Waals surface area (Å²) in [5, 5.41) is 10.1. The molecule has 0 heterocycles. The number of carbonyl (C=O) groups is 1. The van der Waals surface area contributed by atoms with E-state index in [0.717, 1.165) is 42.4 Å². The van der Waals surface area contributed by atoms with Crippen molar-refractivity contribution < 1.29 is 9.90 Å². The lowest BCUT2D eigenvalue weighted by Crippen LogP contribution is -2.46. The number of nitrogens with zero attached hydrogens (tertiary/aromatic N) is 1. The third kappa shape index (κ3) is 2.88. The first-order valence-electron chi connectivity index (χ1n) is 7.45. The van der Waals surface area contributed by atoms with Gasteiger partial charge < -0.3 is 10.0 Å². The van der Waals surface area contributed by atoms with E-state index < -0.39 is 0 Å². The van der Waals surface area contributed by atoms with Crippen LogP contribution in [0.1, 0.15) is 52.7 Å². The highest BCUT2D eigenvalue weighted by atomic mass is 16.3. The van der Waals surface area contributed by atoms with Crippen molar-refractivity contribution in [3.63, 3.8) is 0 Å². The number of rotatable bonds is 2. The molecule has 1 saturated carbocycles. The Morgan fingerprint density at radius 1 is 1.15 bits per heavy atom. The normalized spacial score (nSPS) is 22.6. The Balaban J connectivity index is 2.27. The van der Waals surface area contributed by atoms with Gasteiger partial charge in [0.05, 0.1) is 12.1 Å². The lowest BCUT2D eigenvalue weighted by molar-refractivity contribution is 0.0267. The zero-order valence-electron chi connectivity index (χ0n) is 12.9. The number of carbonyl (C=O) groups excluding carboxylic acids is 1. The smallest absolute Gasteiger partial charge is 0.254 e. The molecule has 1 fully saturated rings. The second kappa shape index (κ2) is 5.96. The van der Waals surface area contributed by atoms with Gasteiger partial charge in [-0.15, -0.1) is 0 Å². The molecule has 2 atom stereocenters. The summed E-state index contributed by atoms with van der Waals surface area (Å²) in [6.45, 7) is 6.01. The van der Waals surface area contributed by atoms with Crippen LogP contribution in [0.3, 0.4) is 0 Å². The van der Waals surface area contributed by atoms with Gasteiger partial charge >= 0.3 is 0 Å². The highest BCUT2D eigenvalue weighted by Gasteiger charge is 2.30. The van der Waals surface area contributed by atoms with Gasteiger partial charge in [0.15, 0.2) is 0 Å². The molecule has 0 radical (unpaired) electrons. The lowest BCUT2D eigenvalue weighted by Gasteiger charge is -2.35. The third-order valence-corrected chi connectivity index (χ3v) is 4.40. The van der Waals surface area contributed by atoms with Crippen molar-refractivity contribution in [1.29, 1.82) is 0 Å². The minimum Gasteiger partial charge on any atom is -0.391 e. The van der Waals surface area contributed by atoms with E-state index in [1.54, 1.807) is 4.90 Å². The summed E-state index contributed by atoms with van der Waals surface area (Å²) >= 11 is 0. The fraction of sp³-hybridized carbons (Fsp3) is 0.588. The van der Waals surface area contributed by atoms with E-state index in [9.17, 15) is 9.90 Å². The number of hydrogen-bond acceptors (Lipinski definition) is 2. The highest BCUT2D eigenvalue weighted by Crippen LogP contribution is 2.25. The van der Waals surface area contributed by atoms with Crippen LogP contribution in [0.25, 0.3) is 0 Å². The zero-order chi connectivity index (χ0) is 14.9.